The lowest BCUT2D eigenvalue weighted by atomic mass is 10.0. The zero-order valence-electron chi connectivity index (χ0n) is 16.1. The molecule has 0 spiro atoms. The molecule has 0 saturated heterocycles. The smallest absolute Gasteiger partial charge is 0.118 e. The van der Waals surface area contributed by atoms with E-state index in [9.17, 15) is 0 Å². The van der Waals surface area contributed by atoms with Crippen LogP contribution < -0.4 is 20.9 Å². The van der Waals surface area contributed by atoms with Gasteiger partial charge in [0.2, 0.25) is 0 Å². The van der Waals surface area contributed by atoms with Crippen LogP contribution in [0.3, 0.4) is 0 Å². The number of rotatable bonds is 6. The number of nitrogen functional groups attached to an aromatic ring is 2. The highest BCUT2D eigenvalue weighted by molar-refractivity contribution is 5.84. The Hall–Kier alpha value is -3.66. The fraction of sp³-hybridized carbons (Fsp3) is 0.0833. The first-order valence-electron chi connectivity index (χ1n) is 8.92. The number of methoxy groups -OCH3 is 2. The van der Waals surface area contributed by atoms with Crippen LogP contribution in [0.5, 0.6) is 11.5 Å². The van der Waals surface area contributed by atoms with E-state index in [1.54, 1.807) is 20.3 Å². The molecule has 3 aromatic rings. The van der Waals surface area contributed by atoms with E-state index >= 15 is 0 Å². The molecule has 0 unspecified atom stereocenters. The molecule has 28 heavy (non-hydrogen) atoms. The Kier molecular flexibility index (Phi) is 6.02. The molecule has 0 heterocycles. The fourth-order valence-electron chi connectivity index (χ4n) is 2.76. The molecule has 0 aliphatic heterocycles. The molecule has 4 heteroatoms. The van der Waals surface area contributed by atoms with Gasteiger partial charge in [-0.1, -0.05) is 48.6 Å². The largest absolute Gasteiger partial charge is 0.497 e. The first kappa shape index (κ1) is 19.1. The van der Waals surface area contributed by atoms with Crippen molar-refractivity contribution in [3.05, 3.63) is 82.9 Å². The van der Waals surface area contributed by atoms with Gasteiger partial charge in [0.1, 0.15) is 11.5 Å². The Labute approximate surface area is 165 Å². The van der Waals surface area contributed by atoms with Crippen LogP contribution in [0, 0.1) is 0 Å². The molecule has 0 amide bonds. The quantitative estimate of drug-likeness (QED) is 0.460. The number of hydrogen-bond acceptors (Lipinski definition) is 4. The van der Waals surface area contributed by atoms with E-state index in [2.05, 4.69) is 0 Å². The maximum absolute atomic E-state index is 6.15. The van der Waals surface area contributed by atoms with Crippen molar-refractivity contribution in [3.8, 4) is 11.5 Å². The van der Waals surface area contributed by atoms with Gasteiger partial charge in [0, 0.05) is 11.4 Å². The van der Waals surface area contributed by atoms with Gasteiger partial charge in [0.15, 0.2) is 0 Å². The number of benzene rings is 3. The Balaban J connectivity index is 1.82. The third-order valence-corrected chi connectivity index (χ3v) is 4.43. The topological polar surface area (TPSA) is 70.5 Å². The van der Waals surface area contributed by atoms with Crippen LogP contribution in [-0.2, 0) is 0 Å². The Bertz CT molecular complexity index is 910. The minimum absolute atomic E-state index is 0.642. The van der Waals surface area contributed by atoms with E-state index in [4.69, 9.17) is 20.9 Å². The molecule has 3 rings (SSSR count). The number of anilines is 2. The van der Waals surface area contributed by atoms with Crippen LogP contribution >= 0.6 is 0 Å². The predicted octanol–water partition coefficient (Wildman–Crippen LogP) is 5.21. The summed E-state index contributed by atoms with van der Waals surface area (Å²) < 4.78 is 10.4. The Morgan fingerprint density at radius 2 is 0.964 bits per heavy atom. The number of hydrogen-bond donors (Lipinski definition) is 2. The summed E-state index contributed by atoms with van der Waals surface area (Å²) in [4.78, 5) is 0. The predicted molar refractivity (Wildman–Crippen MR) is 119 cm³/mol. The monoisotopic (exact) mass is 372 g/mol. The molecule has 0 aromatic heterocycles. The summed E-state index contributed by atoms with van der Waals surface area (Å²) in [5.41, 5.74) is 17.5. The van der Waals surface area contributed by atoms with Crippen molar-refractivity contribution in [2.24, 2.45) is 0 Å². The third kappa shape index (κ3) is 4.74. The third-order valence-electron chi connectivity index (χ3n) is 4.43. The Morgan fingerprint density at radius 3 is 1.32 bits per heavy atom. The standard InChI is InChI=1S/C24H24N2O2/c1-27-21-11-5-17(6-12-21)3-9-19-15-20(24(26)16-23(19)25)10-4-18-7-13-22(28-2)14-8-18/h3-16H,25-26H2,1-2H3. The van der Waals surface area contributed by atoms with Crippen LogP contribution in [0.15, 0.2) is 60.7 Å². The highest BCUT2D eigenvalue weighted by Crippen LogP contribution is 2.25. The number of ether oxygens (including phenoxy) is 2. The van der Waals surface area contributed by atoms with Crippen LogP contribution in [0.4, 0.5) is 11.4 Å². The van der Waals surface area contributed by atoms with Gasteiger partial charge in [-0.05, 0) is 58.7 Å². The summed E-state index contributed by atoms with van der Waals surface area (Å²) in [7, 11) is 3.31. The highest BCUT2D eigenvalue weighted by Gasteiger charge is 2.02. The average molecular weight is 372 g/mol. The molecule has 4 N–H and O–H groups in total. The average Bonchev–Trinajstić information content (AvgIpc) is 2.73. The second-order valence-electron chi connectivity index (χ2n) is 6.32. The Morgan fingerprint density at radius 1 is 0.571 bits per heavy atom. The zero-order chi connectivity index (χ0) is 19.9. The van der Waals surface area contributed by atoms with Crippen LogP contribution in [0.2, 0.25) is 0 Å². The summed E-state index contributed by atoms with van der Waals surface area (Å²) in [6, 6.07) is 19.5. The van der Waals surface area contributed by atoms with Crippen molar-refractivity contribution in [3.63, 3.8) is 0 Å². The normalized spacial score (nSPS) is 11.2. The van der Waals surface area contributed by atoms with Gasteiger partial charge >= 0.3 is 0 Å². The van der Waals surface area contributed by atoms with Gasteiger partial charge in [0.25, 0.3) is 0 Å². The van der Waals surface area contributed by atoms with Gasteiger partial charge in [-0.15, -0.1) is 0 Å². The molecule has 142 valence electrons. The first-order valence-corrected chi connectivity index (χ1v) is 8.92. The lowest BCUT2D eigenvalue weighted by Crippen LogP contribution is -1.96. The van der Waals surface area contributed by atoms with Crippen molar-refractivity contribution in [1.29, 1.82) is 0 Å². The van der Waals surface area contributed by atoms with Crippen molar-refractivity contribution < 1.29 is 9.47 Å². The maximum atomic E-state index is 6.15. The van der Waals surface area contributed by atoms with E-state index in [1.807, 2.05) is 78.9 Å². The van der Waals surface area contributed by atoms with Crippen molar-refractivity contribution in [2.75, 3.05) is 25.7 Å². The molecule has 0 saturated carbocycles. The van der Waals surface area contributed by atoms with Gasteiger partial charge in [-0.25, -0.2) is 0 Å². The molecule has 0 aliphatic carbocycles. The summed E-state index contributed by atoms with van der Waals surface area (Å²) in [6.07, 6.45) is 8.00. The number of nitrogens with two attached hydrogens (primary N) is 2. The molecule has 4 nitrogen and oxygen atoms in total. The van der Waals surface area contributed by atoms with E-state index in [0.29, 0.717) is 11.4 Å². The van der Waals surface area contributed by atoms with Crippen LogP contribution in [0.1, 0.15) is 22.3 Å². The van der Waals surface area contributed by atoms with E-state index in [-0.39, 0.29) is 0 Å². The lowest BCUT2D eigenvalue weighted by Gasteiger charge is -2.07. The molecule has 0 atom stereocenters. The highest BCUT2D eigenvalue weighted by atomic mass is 16.5. The SMILES string of the molecule is COc1ccc(C=Cc2cc(C=Cc3ccc(OC)cc3)c(N)cc2N)cc1. The minimum atomic E-state index is 0.642. The molecule has 3 aromatic carbocycles. The van der Waals surface area contributed by atoms with Crippen LogP contribution in [-0.4, -0.2) is 14.2 Å². The molecule has 0 fully saturated rings. The van der Waals surface area contributed by atoms with E-state index < -0.39 is 0 Å². The van der Waals surface area contributed by atoms with Crippen molar-refractivity contribution >= 4 is 35.7 Å². The molecule has 0 radical (unpaired) electrons. The van der Waals surface area contributed by atoms with Crippen molar-refractivity contribution in [1.82, 2.24) is 0 Å². The zero-order valence-corrected chi connectivity index (χ0v) is 16.1. The summed E-state index contributed by atoms with van der Waals surface area (Å²) in [5, 5.41) is 0. The van der Waals surface area contributed by atoms with E-state index in [0.717, 1.165) is 33.8 Å². The fourth-order valence-corrected chi connectivity index (χ4v) is 2.76. The van der Waals surface area contributed by atoms with Gasteiger partial charge in [-0.3, -0.25) is 0 Å². The molecule has 0 bridgehead atoms. The molecular weight excluding hydrogens is 348 g/mol. The first-order chi connectivity index (χ1) is 13.6. The minimum Gasteiger partial charge on any atom is -0.497 e. The van der Waals surface area contributed by atoms with Crippen LogP contribution in [0.25, 0.3) is 24.3 Å². The second-order valence-corrected chi connectivity index (χ2v) is 6.32. The summed E-state index contributed by atoms with van der Waals surface area (Å²) >= 11 is 0. The van der Waals surface area contributed by atoms with Gasteiger partial charge in [-0.2, -0.15) is 0 Å². The lowest BCUT2D eigenvalue weighted by molar-refractivity contribution is 0.414. The van der Waals surface area contributed by atoms with Crippen molar-refractivity contribution in [2.45, 2.75) is 0 Å². The molecular formula is C24H24N2O2. The summed E-state index contributed by atoms with van der Waals surface area (Å²) in [5.74, 6) is 1.66. The van der Waals surface area contributed by atoms with Gasteiger partial charge < -0.3 is 20.9 Å². The van der Waals surface area contributed by atoms with E-state index in [1.165, 1.54) is 0 Å². The maximum Gasteiger partial charge on any atom is 0.118 e. The second kappa shape index (κ2) is 8.82. The molecule has 0 aliphatic rings. The summed E-state index contributed by atoms with van der Waals surface area (Å²) in [6.45, 7) is 0. The van der Waals surface area contributed by atoms with Gasteiger partial charge in [0.05, 0.1) is 14.2 Å².